The minimum absolute atomic E-state index is 0.0208. The monoisotopic (exact) mass is 590 g/mol. The van der Waals surface area contributed by atoms with E-state index in [-0.39, 0.29) is 23.7 Å². The summed E-state index contributed by atoms with van der Waals surface area (Å²) < 4.78 is 0. The lowest BCUT2D eigenvalue weighted by atomic mass is 10.0. The third-order valence-corrected chi connectivity index (χ3v) is 6.87. The van der Waals surface area contributed by atoms with Crippen molar-refractivity contribution in [3.8, 4) is 0 Å². The Labute approximate surface area is 252 Å². The highest BCUT2D eigenvalue weighted by Gasteiger charge is 2.24. The summed E-state index contributed by atoms with van der Waals surface area (Å²) in [4.78, 5) is 39.9. The van der Waals surface area contributed by atoms with Crippen LogP contribution >= 0.6 is 0 Å². The molecule has 0 saturated heterocycles. The zero-order valence-corrected chi connectivity index (χ0v) is 24.4. The Morgan fingerprint density at radius 1 is 0.837 bits per heavy atom. The molecule has 0 fully saturated rings. The average Bonchev–Trinajstić information content (AvgIpc) is 2.98. The fourth-order valence-corrected chi connectivity index (χ4v) is 4.57. The van der Waals surface area contributed by atoms with E-state index in [0.717, 1.165) is 16.5 Å². The molecule has 0 aliphatic heterocycles. The number of guanidine groups is 2. The number of aliphatic imine (C=N–C) groups is 2. The van der Waals surface area contributed by atoms with Gasteiger partial charge in [0.15, 0.2) is 18.1 Å². The summed E-state index contributed by atoms with van der Waals surface area (Å²) in [6.07, 6.45) is 3.80. The maximum absolute atomic E-state index is 13.4. The van der Waals surface area contributed by atoms with E-state index >= 15 is 0 Å². The van der Waals surface area contributed by atoms with Crippen molar-refractivity contribution in [3.05, 3.63) is 72.4 Å². The number of rotatable bonds is 17. The fraction of sp³-hybridized carbons (Fsp3) is 0.367. The van der Waals surface area contributed by atoms with Crippen LogP contribution in [0.3, 0.4) is 0 Å². The maximum atomic E-state index is 13.4. The van der Waals surface area contributed by atoms with Gasteiger partial charge in [0, 0.05) is 24.5 Å². The van der Waals surface area contributed by atoms with Gasteiger partial charge in [0.25, 0.3) is 0 Å². The summed E-state index contributed by atoms with van der Waals surface area (Å²) >= 11 is 0. The highest BCUT2D eigenvalue weighted by Crippen LogP contribution is 2.15. The molecule has 230 valence electrons. The van der Waals surface area contributed by atoms with Crippen molar-refractivity contribution < 1.29 is 14.6 Å². The Balaban J connectivity index is 1.59. The predicted octanol–water partition coefficient (Wildman–Crippen LogP) is -0.334. The van der Waals surface area contributed by atoms with E-state index in [0.29, 0.717) is 64.1 Å². The Morgan fingerprint density at radius 2 is 1.49 bits per heavy atom. The lowest BCUT2D eigenvalue weighted by Gasteiger charge is -2.23. The number of aromatic amines is 1. The largest absolute Gasteiger partial charge is 0.370 e. The number of H-pyrrole nitrogens is 1. The van der Waals surface area contributed by atoms with Gasteiger partial charge in [-0.15, -0.1) is 0 Å². The third-order valence-electron chi connectivity index (χ3n) is 6.87. The van der Waals surface area contributed by atoms with Crippen LogP contribution in [-0.4, -0.2) is 73.4 Å². The van der Waals surface area contributed by atoms with Crippen molar-refractivity contribution in [3.63, 3.8) is 0 Å². The molecule has 13 N–H and O–H groups in total. The summed E-state index contributed by atoms with van der Waals surface area (Å²) in [6.45, 7) is 2.66. The van der Waals surface area contributed by atoms with Crippen LogP contribution in [0.5, 0.6) is 0 Å². The molecule has 3 aromatic rings. The molecule has 0 aliphatic carbocycles. The third kappa shape index (κ3) is 11.9. The number of carbonyl (C=O) groups excluding carboxylic acids is 2. The first-order valence-corrected chi connectivity index (χ1v) is 14.4. The lowest BCUT2D eigenvalue weighted by Crippen LogP contribution is -2.50. The molecule has 0 bridgehead atoms. The Morgan fingerprint density at radius 3 is 2.16 bits per heavy atom. The normalized spacial score (nSPS) is 12.3. The molecule has 3 rings (SSSR count). The number of amides is 2. The Hall–Kier alpha value is -4.75. The van der Waals surface area contributed by atoms with Crippen molar-refractivity contribution in [2.24, 2.45) is 38.7 Å². The summed E-state index contributed by atoms with van der Waals surface area (Å²) in [5, 5.41) is 6.78. The van der Waals surface area contributed by atoms with Gasteiger partial charge in [-0.3, -0.25) is 24.5 Å². The molecule has 0 saturated carbocycles. The number of nitrogens with two attached hydrogens (primary N) is 5. The number of para-hydroxylation sites is 1. The minimum atomic E-state index is -0.793. The fourth-order valence-electron chi connectivity index (χ4n) is 4.57. The first kappa shape index (κ1) is 32.8. The highest BCUT2D eigenvalue weighted by molar-refractivity contribution is 5.98. The van der Waals surface area contributed by atoms with E-state index in [1.165, 1.54) is 0 Å². The van der Waals surface area contributed by atoms with Gasteiger partial charge in [-0.2, -0.15) is 0 Å². The molecule has 13 nitrogen and oxygen atoms in total. The number of hydrogen-bond donors (Lipinski definition) is 7. The standard InChI is InChI=1S/C30H43N11O2/c31-24(10-6-16-41(17-14-36-29(32)33)18-15-37-30(34)35)27(42)40-26(13-12-21-7-2-1-3-8-21)28(43)39-23-19-22-9-4-5-11-25(22)38-20-23/h1-5,7-9,11,19-20,24,26H,6,10,12-18,31H2,(H,39,43)(H,40,42)(H4,32,33,36)(H4,34,35,37)/p+1/t24-,26+/m0/s1. The van der Waals surface area contributed by atoms with E-state index in [1.807, 2.05) is 60.7 Å². The van der Waals surface area contributed by atoms with Crippen LogP contribution in [0.4, 0.5) is 5.69 Å². The van der Waals surface area contributed by atoms with Crippen molar-refractivity contribution in [1.82, 2.24) is 10.2 Å². The zero-order valence-electron chi connectivity index (χ0n) is 24.4. The molecule has 1 heterocycles. The number of benzene rings is 2. The van der Waals surface area contributed by atoms with Crippen LogP contribution in [0.1, 0.15) is 24.8 Å². The molecule has 1 aromatic heterocycles. The summed E-state index contributed by atoms with van der Waals surface area (Å²) in [5.41, 5.74) is 30.6. The molecule has 0 unspecified atom stereocenters. The number of nitrogens with one attached hydrogen (secondary N) is 3. The van der Waals surface area contributed by atoms with E-state index < -0.39 is 12.1 Å². The Bertz CT molecular complexity index is 1350. The van der Waals surface area contributed by atoms with Crippen LogP contribution < -0.4 is 44.3 Å². The van der Waals surface area contributed by atoms with Crippen LogP contribution in [0.25, 0.3) is 10.9 Å². The van der Waals surface area contributed by atoms with Crippen LogP contribution in [0.2, 0.25) is 0 Å². The van der Waals surface area contributed by atoms with Crippen molar-refractivity contribution in [1.29, 1.82) is 0 Å². The van der Waals surface area contributed by atoms with Gasteiger partial charge in [-0.05, 0) is 49.9 Å². The summed E-state index contributed by atoms with van der Waals surface area (Å²) in [6, 6.07) is 17.9. The predicted molar refractivity (Wildman–Crippen MR) is 171 cm³/mol. The molecule has 2 amide bonds. The van der Waals surface area contributed by atoms with E-state index in [1.54, 1.807) is 6.20 Å². The topological polar surface area (TPSA) is 230 Å². The highest BCUT2D eigenvalue weighted by atomic mass is 16.2. The van der Waals surface area contributed by atoms with E-state index in [2.05, 4.69) is 30.5 Å². The number of anilines is 1. The minimum Gasteiger partial charge on any atom is -0.370 e. The number of carbonyl (C=O) groups is 2. The van der Waals surface area contributed by atoms with Crippen LogP contribution in [-0.2, 0) is 16.0 Å². The Kier molecular flexibility index (Phi) is 13.2. The molecule has 13 heteroatoms. The molecular weight excluding hydrogens is 546 g/mol. The maximum Gasteiger partial charge on any atom is 0.247 e. The van der Waals surface area contributed by atoms with Crippen LogP contribution in [0, 0.1) is 0 Å². The van der Waals surface area contributed by atoms with Gasteiger partial charge in [-0.1, -0.05) is 42.5 Å². The number of pyridine rings is 1. The van der Waals surface area contributed by atoms with Gasteiger partial charge in [0.05, 0.1) is 19.1 Å². The van der Waals surface area contributed by atoms with Gasteiger partial charge in [0.1, 0.15) is 11.7 Å². The van der Waals surface area contributed by atoms with Gasteiger partial charge in [-0.25, -0.2) is 4.98 Å². The van der Waals surface area contributed by atoms with Crippen molar-refractivity contribution >= 4 is 40.3 Å². The average molecular weight is 591 g/mol. The second kappa shape index (κ2) is 17.3. The number of hydrogen-bond acceptors (Lipinski definition) is 6. The number of aryl methyl sites for hydroxylation is 1. The van der Waals surface area contributed by atoms with E-state index in [4.69, 9.17) is 28.7 Å². The SMILES string of the molecule is NC(N)=NCCN(CCC[C@H](N)C(=O)N[C@H](CCc1ccccc1)C(=O)Nc1c[nH+]c2ccccc2c1)CCN=C(N)N. The molecular formula is C30H44N11O2+. The molecule has 2 atom stereocenters. The van der Waals surface area contributed by atoms with E-state index in [9.17, 15) is 9.59 Å². The quantitative estimate of drug-likeness (QED) is 0.0810. The van der Waals surface area contributed by atoms with Crippen molar-refractivity contribution in [2.75, 3.05) is 38.0 Å². The molecule has 43 heavy (non-hydrogen) atoms. The summed E-state index contributed by atoms with van der Waals surface area (Å²) in [7, 11) is 0. The van der Waals surface area contributed by atoms with Crippen LogP contribution in [0.15, 0.2) is 76.8 Å². The van der Waals surface area contributed by atoms with Gasteiger partial charge in [0.2, 0.25) is 17.3 Å². The molecule has 0 spiro atoms. The zero-order chi connectivity index (χ0) is 31.0. The molecule has 2 aromatic carbocycles. The van der Waals surface area contributed by atoms with Crippen molar-refractivity contribution in [2.45, 2.75) is 37.8 Å². The second-order valence-electron chi connectivity index (χ2n) is 10.3. The number of fused-ring (bicyclic) bond motifs is 1. The van der Waals surface area contributed by atoms with Gasteiger partial charge < -0.3 is 39.3 Å². The summed E-state index contributed by atoms with van der Waals surface area (Å²) in [5.74, 6) is -0.656. The van der Waals surface area contributed by atoms with Gasteiger partial charge >= 0.3 is 0 Å². The number of nitrogens with zero attached hydrogens (tertiary/aromatic N) is 3. The second-order valence-corrected chi connectivity index (χ2v) is 10.3. The first-order valence-electron chi connectivity index (χ1n) is 14.4. The lowest BCUT2D eigenvalue weighted by molar-refractivity contribution is -0.343. The number of aromatic nitrogens is 1. The smallest absolute Gasteiger partial charge is 0.247 e. The molecule has 0 radical (unpaired) electrons. The first-order chi connectivity index (χ1) is 20.7. The molecule has 0 aliphatic rings.